The van der Waals surface area contributed by atoms with Gasteiger partial charge < -0.3 is 14.8 Å². The van der Waals surface area contributed by atoms with E-state index in [9.17, 15) is 4.79 Å². The van der Waals surface area contributed by atoms with E-state index in [1.165, 1.54) is 0 Å². The highest BCUT2D eigenvalue weighted by Crippen LogP contribution is 2.27. The first kappa shape index (κ1) is 16.3. The Kier molecular flexibility index (Phi) is 5.23. The number of para-hydroxylation sites is 2. The Labute approximate surface area is 141 Å². The van der Waals surface area contributed by atoms with Gasteiger partial charge in [-0.25, -0.2) is 4.98 Å². The van der Waals surface area contributed by atoms with Gasteiger partial charge in [-0.15, -0.1) is 11.8 Å². The van der Waals surface area contributed by atoms with Crippen molar-refractivity contribution in [2.45, 2.75) is 18.6 Å². The first-order valence-electron chi connectivity index (χ1n) is 8.16. The average Bonchev–Trinajstić information content (AvgIpc) is 2.87. The van der Waals surface area contributed by atoms with Crippen molar-refractivity contribution in [1.29, 1.82) is 0 Å². The maximum atomic E-state index is 12.4. The monoisotopic (exact) mass is 332 g/mol. The Hall–Kier alpha value is -1.53. The Balaban J connectivity index is 1.55. The molecule has 2 aromatic rings. The molecular weight excluding hydrogens is 308 g/mol. The molecule has 1 aliphatic heterocycles. The zero-order chi connectivity index (χ0) is 16.2. The number of carbonyl (C=O) groups excluding carboxylic acids is 1. The number of aromatic nitrogens is 2. The number of nitrogens with zero attached hydrogens (tertiary/aromatic N) is 3. The van der Waals surface area contributed by atoms with Crippen LogP contribution in [0.3, 0.4) is 0 Å². The lowest BCUT2D eigenvalue weighted by atomic mass is 10.3. The number of thioether (sulfide) groups is 1. The van der Waals surface area contributed by atoms with E-state index in [-0.39, 0.29) is 11.2 Å². The van der Waals surface area contributed by atoms with Crippen molar-refractivity contribution in [2.24, 2.45) is 0 Å². The van der Waals surface area contributed by atoms with Gasteiger partial charge in [0, 0.05) is 19.6 Å². The first-order chi connectivity index (χ1) is 11.1. The minimum absolute atomic E-state index is 0.181. The van der Waals surface area contributed by atoms with E-state index >= 15 is 0 Å². The molecule has 1 aliphatic rings. The summed E-state index contributed by atoms with van der Waals surface area (Å²) in [6, 6.07) is 8.03. The van der Waals surface area contributed by atoms with Gasteiger partial charge in [-0.05, 0) is 39.1 Å². The van der Waals surface area contributed by atoms with Crippen LogP contribution in [0.2, 0.25) is 0 Å². The number of amides is 1. The summed E-state index contributed by atoms with van der Waals surface area (Å²) in [5.74, 6) is 1.70. The van der Waals surface area contributed by atoms with Gasteiger partial charge in [0.05, 0.1) is 22.0 Å². The zero-order valence-electron chi connectivity index (χ0n) is 13.8. The Morgan fingerprint density at radius 2 is 2.13 bits per heavy atom. The highest BCUT2D eigenvalue weighted by atomic mass is 32.2. The summed E-state index contributed by atoms with van der Waals surface area (Å²) in [6.45, 7) is 5.87. The van der Waals surface area contributed by atoms with Crippen molar-refractivity contribution in [3.8, 4) is 0 Å². The lowest BCUT2D eigenvalue weighted by Gasteiger charge is -2.21. The normalized spacial score (nSPS) is 18.1. The van der Waals surface area contributed by atoms with Gasteiger partial charge in [0.2, 0.25) is 5.91 Å². The molecule has 23 heavy (non-hydrogen) atoms. The number of hydrogen-bond acceptors (Lipinski definition) is 4. The second-order valence-electron chi connectivity index (χ2n) is 6.13. The predicted octanol–water partition coefficient (Wildman–Crippen LogP) is 2.52. The van der Waals surface area contributed by atoms with E-state index in [2.05, 4.69) is 28.8 Å². The molecule has 1 amide bonds. The van der Waals surface area contributed by atoms with Crippen LogP contribution in [0.4, 0.5) is 0 Å². The summed E-state index contributed by atoms with van der Waals surface area (Å²) in [6.07, 6.45) is 1.06. The van der Waals surface area contributed by atoms with E-state index in [4.69, 9.17) is 0 Å². The van der Waals surface area contributed by atoms with Crippen molar-refractivity contribution in [1.82, 2.24) is 19.8 Å². The largest absolute Gasteiger partial charge is 0.341 e. The van der Waals surface area contributed by atoms with Crippen LogP contribution in [0.1, 0.15) is 24.4 Å². The van der Waals surface area contributed by atoms with Crippen molar-refractivity contribution in [3.63, 3.8) is 0 Å². The van der Waals surface area contributed by atoms with Gasteiger partial charge in [-0.1, -0.05) is 12.1 Å². The summed E-state index contributed by atoms with van der Waals surface area (Å²) in [7, 11) is 2.12. The van der Waals surface area contributed by atoms with Crippen LogP contribution in [0.25, 0.3) is 11.0 Å². The van der Waals surface area contributed by atoms with Crippen molar-refractivity contribution in [3.05, 3.63) is 30.1 Å². The van der Waals surface area contributed by atoms with Gasteiger partial charge in [0.1, 0.15) is 5.82 Å². The zero-order valence-corrected chi connectivity index (χ0v) is 14.6. The number of H-pyrrole nitrogens is 1. The molecule has 1 atom stereocenters. The molecule has 1 unspecified atom stereocenters. The van der Waals surface area contributed by atoms with Gasteiger partial charge in [0.15, 0.2) is 0 Å². The fourth-order valence-corrected chi connectivity index (χ4v) is 3.67. The molecule has 1 N–H and O–H groups in total. The van der Waals surface area contributed by atoms with Crippen LogP contribution in [0.5, 0.6) is 0 Å². The summed E-state index contributed by atoms with van der Waals surface area (Å²) in [4.78, 5) is 24.7. The molecule has 1 fully saturated rings. The topological polar surface area (TPSA) is 52.2 Å². The molecule has 3 rings (SSSR count). The molecule has 124 valence electrons. The van der Waals surface area contributed by atoms with E-state index < -0.39 is 0 Å². The number of nitrogens with one attached hydrogen (secondary N) is 1. The maximum Gasteiger partial charge on any atom is 0.232 e. The van der Waals surface area contributed by atoms with Gasteiger partial charge in [-0.2, -0.15) is 0 Å². The van der Waals surface area contributed by atoms with Gasteiger partial charge >= 0.3 is 0 Å². The predicted molar refractivity (Wildman–Crippen MR) is 95.7 cm³/mol. The van der Waals surface area contributed by atoms with Crippen LogP contribution in [-0.4, -0.2) is 64.7 Å². The highest BCUT2D eigenvalue weighted by Gasteiger charge is 2.19. The smallest absolute Gasteiger partial charge is 0.232 e. The third-order valence-corrected chi connectivity index (χ3v) is 5.46. The SMILES string of the molecule is CC(SCC(=O)N1CCCN(C)CC1)c1nc2ccccc2[nH]1. The third kappa shape index (κ3) is 4.06. The van der Waals surface area contributed by atoms with Crippen LogP contribution in [0, 0.1) is 0 Å². The van der Waals surface area contributed by atoms with Crippen molar-refractivity contribution < 1.29 is 4.79 Å². The fraction of sp³-hybridized carbons (Fsp3) is 0.529. The lowest BCUT2D eigenvalue weighted by molar-refractivity contribution is -0.128. The van der Waals surface area contributed by atoms with E-state index in [0.29, 0.717) is 5.75 Å². The molecule has 6 heteroatoms. The molecule has 0 radical (unpaired) electrons. The van der Waals surface area contributed by atoms with Crippen LogP contribution in [-0.2, 0) is 4.79 Å². The minimum atomic E-state index is 0.181. The van der Waals surface area contributed by atoms with E-state index in [1.54, 1.807) is 11.8 Å². The molecule has 0 spiro atoms. The molecule has 1 aromatic heterocycles. The summed E-state index contributed by atoms with van der Waals surface area (Å²) >= 11 is 1.66. The molecule has 5 nitrogen and oxygen atoms in total. The van der Waals surface area contributed by atoms with Crippen LogP contribution >= 0.6 is 11.8 Å². The molecule has 0 bridgehead atoms. The number of likely N-dealkylation sites (N-methyl/N-ethyl adjacent to an activating group) is 1. The number of imidazole rings is 1. The number of hydrogen-bond donors (Lipinski definition) is 1. The first-order valence-corrected chi connectivity index (χ1v) is 9.21. The Bertz CT molecular complexity index is 638. The number of fused-ring (bicyclic) bond motifs is 1. The number of aromatic amines is 1. The number of rotatable bonds is 4. The minimum Gasteiger partial charge on any atom is -0.341 e. The fourth-order valence-electron chi connectivity index (χ4n) is 2.83. The quantitative estimate of drug-likeness (QED) is 0.935. The molecule has 1 saturated heterocycles. The summed E-state index contributed by atoms with van der Waals surface area (Å²) in [5, 5.41) is 0.181. The lowest BCUT2D eigenvalue weighted by Crippen LogP contribution is -2.35. The Morgan fingerprint density at radius 1 is 1.30 bits per heavy atom. The molecular formula is C17H24N4OS. The Morgan fingerprint density at radius 3 is 2.96 bits per heavy atom. The van der Waals surface area contributed by atoms with Gasteiger partial charge in [-0.3, -0.25) is 4.79 Å². The molecule has 0 aliphatic carbocycles. The average molecular weight is 332 g/mol. The molecule has 1 aromatic carbocycles. The standard InChI is InChI=1S/C17H24N4OS/c1-13(17-18-14-6-3-4-7-15(14)19-17)23-12-16(22)21-9-5-8-20(2)10-11-21/h3-4,6-7,13H,5,8-12H2,1-2H3,(H,18,19). The summed E-state index contributed by atoms with van der Waals surface area (Å²) in [5.41, 5.74) is 2.04. The van der Waals surface area contributed by atoms with E-state index in [1.807, 2.05) is 29.2 Å². The van der Waals surface area contributed by atoms with Crippen LogP contribution in [0.15, 0.2) is 24.3 Å². The molecule has 0 saturated carbocycles. The van der Waals surface area contributed by atoms with E-state index in [0.717, 1.165) is 49.5 Å². The number of carbonyl (C=O) groups is 1. The highest BCUT2D eigenvalue weighted by molar-refractivity contribution is 8.00. The van der Waals surface area contributed by atoms with Crippen LogP contribution < -0.4 is 0 Å². The van der Waals surface area contributed by atoms with Crippen molar-refractivity contribution >= 4 is 28.7 Å². The second kappa shape index (κ2) is 7.36. The van der Waals surface area contributed by atoms with Gasteiger partial charge in [0.25, 0.3) is 0 Å². The van der Waals surface area contributed by atoms with Crippen molar-refractivity contribution in [2.75, 3.05) is 39.0 Å². The molecule has 2 heterocycles. The second-order valence-corrected chi connectivity index (χ2v) is 7.46. The summed E-state index contributed by atoms with van der Waals surface area (Å²) < 4.78 is 0. The maximum absolute atomic E-state index is 12.4. The number of benzene rings is 1. The third-order valence-electron chi connectivity index (χ3n) is 4.32.